The second kappa shape index (κ2) is 9.44. The molecule has 0 spiro atoms. The van der Waals surface area contributed by atoms with Gasteiger partial charge in [-0.25, -0.2) is 4.98 Å². The highest BCUT2D eigenvalue weighted by Crippen LogP contribution is 2.22. The number of imidazole rings is 1. The predicted molar refractivity (Wildman–Crippen MR) is 113 cm³/mol. The Morgan fingerprint density at radius 2 is 1.79 bits per heavy atom. The third-order valence-corrected chi connectivity index (χ3v) is 6.09. The summed E-state index contributed by atoms with van der Waals surface area (Å²) in [4.78, 5) is 21.5. The number of piperidine rings is 2. The Bertz CT molecular complexity index is 787. The van der Waals surface area contributed by atoms with Crippen molar-refractivity contribution in [1.29, 1.82) is 0 Å². The summed E-state index contributed by atoms with van der Waals surface area (Å²) in [5.74, 6) is 2.15. The molecule has 0 N–H and O–H groups in total. The van der Waals surface area contributed by atoms with Crippen LogP contribution < -0.4 is 4.74 Å². The highest BCUT2D eigenvalue weighted by atomic mass is 16.5. The molecule has 0 saturated carbocycles. The molecule has 0 unspecified atom stereocenters. The first-order valence-corrected chi connectivity index (χ1v) is 11.0. The standard InChI is InChI=1S/C23H32N4O2/c1-2-26-17-12-24-22(26)18-25-15-10-21(11-16-25)29-20-8-6-19(7-9-20)23(28)27-13-4-3-5-14-27/h6-9,12,17,21H,2-5,10-11,13-16,18H2,1H3. The predicted octanol–water partition coefficient (Wildman–Crippen LogP) is 3.57. The number of carbonyl (C=O) groups excluding carboxylic acids is 1. The average Bonchev–Trinajstić information content (AvgIpc) is 3.23. The Morgan fingerprint density at radius 1 is 1.07 bits per heavy atom. The lowest BCUT2D eigenvalue weighted by molar-refractivity contribution is 0.0724. The van der Waals surface area contributed by atoms with Gasteiger partial charge in [0.2, 0.25) is 0 Å². The lowest BCUT2D eigenvalue weighted by Crippen LogP contribution is -2.38. The SMILES string of the molecule is CCn1ccnc1CN1CCC(Oc2ccc(C(=O)N3CCCCC3)cc2)CC1. The summed E-state index contributed by atoms with van der Waals surface area (Å²) in [7, 11) is 0. The molecule has 2 aliphatic rings. The molecule has 2 aliphatic heterocycles. The molecule has 1 aromatic heterocycles. The van der Waals surface area contributed by atoms with Gasteiger partial charge >= 0.3 is 0 Å². The van der Waals surface area contributed by atoms with Crippen LogP contribution in [0.3, 0.4) is 0 Å². The van der Waals surface area contributed by atoms with Crippen LogP contribution in [0.2, 0.25) is 0 Å². The minimum Gasteiger partial charge on any atom is -0.490 e. The molecule has 0 atom stereocenters. The first kappa shape index (κ1) is 20.0. The third-order valence-electron chi connectivity index (χ3n) is 6.09. The van der Waals surface area contributed by atoms with E-state index in [1.54, 1.807) is 0 Å². The van der Waals surface area contributed by atoms with Crippen molar-refractivity contribution < 1.29 is 9.53 Å². The average molecular weight is 397 g/mol. The molecular weight excluding hydrogens is 364 g/mol. The summed E-state index contributed by atoms with van der Waals surface area (Å²) in [6, 6.07) is 7.71. The van der Waals surface area contributed by atoms with E-state index in [4.69, 9.17) is 4.74 Å². The topological polar surface area (TPSA) is 50.6 Å². The number of rotatable bonds is 6. The smallest absolute Gasteiger partial charge is 0.253 e. The summed E-state index contributed by atoms with van der Waals surface area (Å²) < 4.78 is 8.40. The van der Waals surface area contributed by atoms with E-state index in [2.05, 4.69) is 21.4 Å². The zero-order chi connectivity index (χ0) is 20.1. The fourth-order valence-corrected chi connectivity index (χ4v) is 4.31. The van der Waals surface area contributed by atoms with Gasteiger partial charge in [-0.1, -0.05) is 0 Å². The normalized spacial score (nSPS) is 18.7. The Labute approximate surface area is 173 Å². The Kier molecular flexibility index (Phi) is 6.49. The van der Waals surface area contributed by atoms with Crippen LogP contribution >= 0.6 is 0 Å². The summed E-state index contributed by atoms with van der Waals surface area (Å²) >= 11 is 0. The van der Waals surface area contributed by atoms with Crippen molar-refractivity contribution in [2.45, 2.75) is 58.2 Å². The minimum absolute atomic E-state index is 0.148. The Hall–Kier alpha value is -2.34. The molecule has 4 rings (SSSR count). The number of benzene rings is 1. The van der Waals surface area contributed by atoms with Gasteiger partial charge in [0.15, 0.2) is 0 Å². The maximum atomic E-state index is 12.6. The van der Waals surface area contributed by atoms with Crippen molar-refractivity contribution in [2.24, 2.45) is 0 Å². The molecule has 0 radical (unpaired) electrons. The lowest BCUT2D eigenvalue weighted by Gasteiger charge is -2.32. The summed E-state index contributed by atoms with van der Waals surface area (Å²) in [5.41, 5.74) is 0.764. The van der Waals surface area contributed by atoms with Crippen LogP contribution in [0.25, 0.3) is 0 Å². The zero-order valence-corrected chi connectivity index (χ0v) is 17.4. The number of hydrogen-bond donors (Lipinski definition) is 0. The van der Waals surface area contributed by atoms with Gasteiger partial charge in [0.1, 0.15) is 17.7 Å². The molecular formula is C23H32N4O2. The van der Waals surface area contributed by atoms with E-state index in [0.29, 0.717) is 0 Å². The van der Waals surface area contributed by atoms with Crippen LogP contribution in [0.4, 0.5) is 0 Å². The van der Waals surface area contributed by atoms with Crippen LogP contribution in [0.1, 0.15) is 55.2 Å². The molecule has 29 heavy (non-hydrogen) atoms. The molecule has 2 fully saturated rings. The van der Waals surface area contributed by atoms with Crippen molar-refractivity contribution in [3.8, 4) is 5.75 Å². The summed E-state index contributed by atoms with van der Waals surface area (Å²) in [5, 5.41) is 0. The van der Waals surface area contributed by atoms with Gasteiger partial charge in [-0.15, -0.1) is 0 Å². The molecule has 2 saturated heterocycles. The van der Waals surface area contributed by atoms with Crippen LogP contribution in [0.5, 0.6) is 5.75 Å². The molecule has 0 aliphatic carbocycles. The molecule has 6 nitrogen and oxygen atoms in total. The number of ether oxygens (including phenoxy) is 1. The first-order valence-electron chi connectivity index (χ1n) is 11.0. The number of carbonyl (C=O) groups is 1. The first-order chi connectivity index (χ1) is 14.2. The molecule has 1 amide bonds. The van der Waals surface area contributed by atoms with E-state index in [1.165, 1.54) is 6.42 Å². The minimum atomic E-state index is 0.148. The second-order valence-electron chi connectivity index (χ2n) is 8.10. The molecule has 2 aromatic rings. The maximum Gasteiger partial charge on any atom is 0.253 e. The largest absolute Gasteiger partial charge is 0.490 e. The number of aromatic nitrogens is 2. The highest BCUT2D eigenvalue weighted by molar-refractivity contribution is 5.94. The van der Waals surface area contributed by atoms with E-state index < -0.39 is 0 Å². The molecule has 6 heteroatoms. The number of amides is 1. The summed E-state index contributed by atoms with van der Waals surface area (Å²) in [6.45, 7) is 7.82. The van der Waals surface area contributed by atoms with E-state index in [1.807, 2.05) is 41.6 Å². The maximum absolute atomic E-state index is 12.6. The quantitative estimate of drug-likeness (QED) is 0.749. The summed E-state index contributed by atoms with van der Waals surface area (Å²) in [6.07, 6.45) is 9.66. The fourth-order valence-electron chi connectivity index (χ4n) is 4.31. The van der Waals surface area contributed by atoms with Gasteiger partial charge in [-0.3, -0.25) is 9.69 Å². The van der Waals surface area contributed by atoms with E-state index in [-0.39, 0.29) is 12.0 Å². The van der Waals surface area contributed by atoms with E-state index in [0.717, 1.165) is 82.1 Å². The number of likely N-dealkylation sites (tertiary alicyclic amines) is 2. The lowest BCUT2D eigenvalue weighted by atomic mass is 10.1. The van der Waals surface area contributed by atoms with Gasteiger partial charge in [-0.05, 0) is 63.3 Å². The van der Waals surface area contributed by atoms with Crippen molar-refractivity contribution >= 4 is 5.91 Å². The van der Waals surface area contributed by atoms with Gasteiger partial charge in [-0.2, -0.15) is 0 Å². The van der Waals surface area contributed by atoms with Gasteiger partial charge in [0.25, 0.3) is 5.91 Å². The van der Waals surface area contributed by atoms with Crippen LogP contribution in [0, 0.1) is 0 Å². The number of hydrogen-bond acceptors (Lipinski definition) is 4. The van der Waals surface area contributed by atoms with Gasteiger partial charge < -0.3 is 14.2 Å². The van der Waals surface area contributed by atoms with E-state index in [9.17, 15) is 4.79 Å². The monoisotopic (exact) mass is 396 g/mol. The van der Waals surface area contributed by atoms with Crippen LogP contribution in [-0.2, 0) is 13.1 Å². The van der Waals surface area contributed by atoms with Crippen molar-refractivity contribution in [2.75, 3.05) is 26.2 Å². The fraction of sp³-hybridized carbons (Fsp3) is 0.565. The van der Waals surface area contributed by atoms with Crippen LogP contribution in [0.15, 0.2) is 36.7 Å². The van der Waals surface area contributed by atoms with Crippen molar-refractivity contribution in [3.63, 3.8) is 0 Å². The third kappa shape index (κ3) is 4.99. The number of aryl methyl sites for hydroxylation is 1. The molecule has 156 valence electrons. The molecule has 3 heterocycles. The Morgan fingerprint density at radius 3 is 2.48 bits per heavy atom. The highest BCUT2D eigenvalue weighted by Gasteiger charge is 2.22. The van der Waals surface area contributed by atoms with Gasteiger partial charge in [0.05, 0.1) is 6.54 Å². The number of nitrogens with zero attached hydrogens (tertiary/aromatic N) is 4. The van der Waals surface area contributed by atoms with Crippen molar-refractivity contribution in [3.05, 3.63) is 48.0 Å². The second-order valence-corrected chi connectivity index (χ2v) is 8.10. The van der Waals surface area contributed by atoms with E-state index >= 15 is 0 Å². The molecule has 0 bridgehead atoms. The van der Waals surface area contributed by atoms with Gasteiger partial charge in [0, 0.05) is 50.7 Å². The van der Waals surface area contributed by atoms with Crippen molar-refractivity contribution in [1.82, 2.24) is 19.4 Å². The zero-order valence-electron chi connectivity index (χ0n) is 17.4. The molecule has 1 aromatic carbocycles. The van der Waals surface area contributed by atoms with Crippen LogP contribution in [-0.4, -0.2) is 57.5 Å². The Balaban J connectivity index is 1.25.